The minimum Gasteiger partial charge on any atom is -0.325 e. The zero-order valence-electron chi connectivity index (χ0n) is 8.91. The summed E-state index contributed by atoms with van der Waals surface area (Å²) in [6.07, 6.45) is 1.31. The van der Waals surface area contributed by atoms with Gasteiger partial charge in [-0.15, -0.1) is 11.6 Å². The minimum absolute atomic E-state index is 0.813. The van der Waals surface area contributed by atoms with E-state index in [1.165, 1.54) is 32.6 Å². The molecule has 1 fully saturated rings. The van der Waals surface area contributed by atoms with Crippen LogP contribution < -0.4 is 9.80 Å². The summed E-state index contributed by atoms with van der Waals surface area (Å²) in [7, 11) is 0. The average molecular weight is 207 g/mol. The fourth-order valence-electron chi connectivity index (χ4n) is 2.09. The van der Waals surface area contributed by atoms with E-state index in [0.29, 0.717) is 0 Å². The number of piperazine rings is 1. The first-order valence-corrected chi connectivity index (χ1v) is 6.05. The Morgan fingerprint density at radius 2 is 1.85 bits per heavy atom. The van der Waals surface area contributed by atoms with Gasteiger partial charge in [-0.25, -0.2) is 0 Å². The van der Waals surface area contributed by atoms with Crippen LogP contribution in [-0.4, -0.2) is 44.6 Å². The lowest BCUT2D eigenvalue weighted by molar-refractivity contribution is -1.02. The van der Waals surface area contributed by atoms with E-state index >= 15 is 0 Å². The number of alkyl halides is 1. The average Bonchev–Trinajstić information content (AvgIpc) is 2.18. The maximum absolute atomic E-state index is 5.73. The first kappa shape index (κ1) is 11.3. The third-order valence-electron chi connectivity index (χ3n) is 3.36. The predicted octanol–water partition coefficient (Wildman–Crippen LogP) is -1.19. The first-order chi connectivity index (χ1) is 6.27. The summed E-state index contributed by atoms with van der Waals surface area (Å²) < 4.78 is 0. The molecule has 0 unspecified atom stereocenters. The van der Waals surface area contributed by atoms with Crippen LogP contribution in [0.2, 0.25) is 0 Å². The lowest BCUT2D eigenvalue weighted by atomic mass is 10.2. The third kappa shape index (κ3) is 3.45. The van der Waals surface area contributed by atoms with Crippen LogP contribution in [0.25, 0.3) is 0 Å². The van der Waals surface area contributed by atoms with Gasteiger partial charge in [0.2, 0.25) is 0 Å². The minimum atomic E-state index is 0.813. The summed E-state index contributed by atoms with van der Waals surface area (Å²) in [6, 6.07) is 0.845. The topological polar surface area (TPSA) is 8.88 Å². The van der Waals surface area contributed by atoms with Gasteiger partial charge in [0.1, 0.15) is 26.2 Å². The zero-order chi connectivity index (χ0) is 9.68. The van der Waals surface area contributed by atoms with Crippen molar-refractivity contribution < 1.29 is 9.80 Å². The molecule has 0 aliphatic carbocycles. The second-order valence-corrected chi connectivity index (χ2v) is 4.53. The molecule has 1 aliphatic rings. The summed E-state index contributed by atoms with van der Waals surface area (Å²) in [5.74, 6) is 0.813. The summed E-state index contributed by atoms with van der Waals surface area (Å²) in [4.78, 5) is 3.49. The quantitative estimate of drug-likeness (QED) is 0.536. The Bertz CT molecular complexity index is 133. The fourth-order valence-corrected chi connectivity index (χ4v) is 2.36. The molecule has 0 aromatic rings. The standard InChI is InChI=1S/C10H21ClN2/c1-3-10(2)13-8-6-12(5-4-11)7-9-13/h10H,3-9H2,1-2H3/p+2/t10-/m1/s1. The molecule has 1 rings (SSSR count). The van der Waals surface area contributed by atoms with Gasteiger partial charge in [0, 0.05) is 0 Å². The van der Waals surface area contributed by atoms with Crippen LogP contribution in [0.3, 0.4) is 0 Å². The molecule has 1 saturated heterocycles. The van der Waals surface area contributed by atoms with Crippen molar-refractivity contribution in [1.82, 2.24) is 0 Å². The van der Waals surface area contributed by atoms with E-state index in [9.17, 15) is 0 Å². The Labute approximate surface area is 86.8 Å². The fraction of sp³-hybridized carbons (Fsp3) is 1.00. The monoisotopic (exact) mass is 206 g/mol. The Morgan fingerprint density at radius 3 is 2.31 bits per heavy atom. The molecule has 78 valence electrons. The molecule has 13 heavy (non-hydrogen) atoms. The van der Waals surface area contributed by atoms with Crippen LogP contribution in [0.4, 0.5) is 0 Å². The third-order valence-corrected chi connectivity index (χ3v) is 3.55. The van der Waals surface area contributed by atoms with E-state index in [-0.39, 0.29) is 0 Å². The van der Waals surface area contributed by atoms with Gasteiger partial charge in [-0.3, -0.25) is 0 Å². The summed E-state index contributed by atoms with van der Waals surface area (Å²) in [5.41, 5.74) is 0. The van der Waals surface area contributed by atoms with E-state index in [1.54, 1.807) is 9.80 Å². The van der Waals surface area contributed by atoms with Crippen molar-refractivity contribution in [3.05, 3.63) is 0 Å². The maximum Gasteiger partial charge on any atom is 0.127 e. The van der Waals surface area contributed by atoms with Crippen LogP contribution in [0.1, 0.15) is 20.3 Å². The summed E-state index contributed by atoms with van der Waals surface area (Å²) >= 11 is 5.73. The van der Waals surface area contributed by atoms with Crippen LogP contribution >= 0.6 is 11.6 Å². The molecule has 0 saturated carbocycles. The highest BCUT2D eigenvalue weighted by Crippen LogP contribution is 1.81. The maximum atomic E-state index is 5.73. The molecule has 3 heteroatoms. The van der Waals surface area contributed by atoms with Gasteiger partial charge in [0.25, 0.3) is 0 Å². The van der Waals surface area contributed by atoms with Gasteiger partial charge < -0.3 is 9.80 Å². The van der Waals surface area contributed by atoms with E-state index < -0.39 is 0 Å². The van der Waals surface area contributed by atoms with Crippen LogP contribution in [0, 0.1) is 0 Å². The lowest BCUT2D eigenvalue weighted by Gasteiger charge is -2.32. The van der Waals surface area contributed by atoms with E-state index in [1.807, 2.05) is 0 Å². The number of quaternary nitrogens is 2. The second-order valence-electron chi connectivity index (χ2n) is 4.16. The van der Waals surface area contributed by atoms with Gasteiger partial charge in [0.15, 0.2) is 0 Å². The molecule has 1 aliphatic heterocycles. The van der Waals surface area contributed by atoms with Crippen LogP contribution in [0.5, 0.6) is 0 Å². The molecule has 0 radical (unpaired) electrons. The highest BCUT2D eigenvalue weighted by molar-refractivity contribution is 6.17. The molecule has 0 spiro atoms. The molecule has 2 N–H and O–H groups in total. The SMILES string of the molecule is CC[C@@H](C)[NH+]1CC[NH+](CCCl)CC1. The van der Waals surface area contributed by atoms with Crippen molar-refractivity contribution in [2.45, 2.75) is 26.3 Å². The van der Waals surface area contributed by atoms with Gasteiger partial charge >= 0.3 is 0 Å². The molecule has 2 nitrogen and oxygen atoms in total. The summed E-state index contributed by atoms with van der Waals surface area (Å²) in [6.45, 7) is 11.1. The molecular weight excluding hydrogens is 184 g/mol. The van der Waals surface area contributed by atoms with Gasteiger partial charge in [0.05, 0.1) is 18.5 Å². The first-order valence-electron chi connectivity index (χ1n) is 5.52. The van der Waals surface area contributed by atoms with Gasteiger partial charge in [-0.05, 0) is 13.3 Å². The Kier molecular flexibility index (Phi) is 5.07. The van der Waals surface area contributed by atoms with Crippen LogP contribution in [-0.2, 0) is 0 Å². The largest absolute Gasteiger partial charge is 0.325 e. The molecule has 1 heterocycles. The number of halogens is 1. The summed E-state index contributed by atoms with van der Waals surface area (Å²) in [5, 5.41) is 0. The normalized spacial score (nSPS) is 31.6. The number of hydrogen-bond donors (Lipinski definition) is 2. The Morgan fingerprint density at radius 1 is 1.23 bits per heavy atom. The highest BCUT2D eigenvalue weighted by Gasteiger charge is 2.25. The highest BCUT2D eigenvalue weighted by atomic mass is 35.5. The predicted molar refractivity (Wildman–Crippen MR) is 56.7 cm³/mol. The van der Waals surface area contributed by atoms with Gasteiger partial charge in [-0.1, -0.05) is 6.92 Å². The lowest BCUT2D eigenvalue weighted by Crippen LogP contribution is -3.29. The number of nitrogens with one attached hydrogen (secondary N) is 2. The second kappa shape index (κ2) is 5.84. The molecule has 1 atom stereocenters. The number of rotatable bonds is 4. The van der Waals surface area contributed by atoms with Crippen LogP contribution in [0.15, 0.2) is 0 Å². The molecular formula is C10H23ClN2+2. The number of hydrogen-bond acceptors (Lipinski definition) is 0. The van der Waals surface area contributed by atoms with E-state index in [2.05, 4.69) is 13.8 Å². The van der Waals surface area contributed by atoms with Crippen molar-refractivity contribution in [2.24, 2.45) is 0 Å². The van der Waals surface area contributed by atoms with Crippen molar-refractivity contribution in [3.8, 4) is 0 Å². The van der Waals surface area contributed by atoms with Crippen molar-refractivity contribution in [2.75, 3.05) is 38.6 Å². The van der Waals surface area contributed by atoms with Crippen molar-refractivity contribution in [1.29, 1.82) is 0 Å². The molecule has 0 amide bonds. The molecule has 0 aromatic carbocycles. The van der Waals surface area contributed by atoms with Crippen molar-refractivity contribution >= 4 is 11.6 Å². The zero-order valence-corrected chi connectivity index (χ0v) is 9.66. The Hall–Kier alpha value is 0.210. The van der Waals surface area contributed by atoms with Crippen molar-refractivity contribution in [3.63, 3.8) is 0 Å². The molecule has 0 aromatic heterocycles. The molecule has 0 bridgehead atoms. The van der Waals surface area contributed by atoms with Gasteiger partial charge in [-0.2, -0.15) is 0 Å². The smallest absolute Gasteiger partial charge is 0.127 e. The van der Waals surface area contributed by atoms with E-state index in [0.717, 1.165) is 18.5 Å². The Balaban J connectivity index is 2.22. The van der Waals surface area contributed by atoms with E-state index in [4.69, 9.17) is 11.6 Å².